The van der Waals surface area contributed by atoms with E-state index < -0.39 is 17.4 Å². The fourth-order valence-electron chi connectivity index (χ4n) is 4.78. The van der Waals surface area contributed by atoms with Crippen LogP contribution in [0, 0.1) is 11.8 Å². The zero-order valence-corrected chi connectivity index (χ0v) is 17.9. The second-order valence-corrected chi connectivity index (χ2v) is 12.0. The van der Waals surface area contributed by atoms with Crippen LogP contribution in [-0.2, 0) is 23.8 Å². The second-order valence-electron chi connectivity index (χ2n) is 8.13. The molecule has 0 saturated heterocycles. The van der Waals surface area contributed by atoms with Crippen LogP contribution >= 0.6 is 0 Å². The molecule has 0 saturated carbocycles. The summed E-state index contributed by atoms with van der Waals surface area (Å²) < 4.78 is 5.27. The van der Waals surface area contributed by atoms with Crippen molar-refractivity contribution in [3.8, 4) is 11.1 Å². The van der Waals surface area contributed by atoms with Gasteiger partial charge in [0, 0.05) is 0 Å². The summed E-state index contributed by atoms with van der Waals surface area (Å²) in [6, 6.07) is 16.1. The van der Waals surface area contributed by atoms with Gasteiger partial charge in [0.1, 0.15) is 0 Å². The molecule has 0 N–H and O–H groups in total. The van der Waals surface area contributed by atoms with Crippen molar-refractivity contribution >= 4 is 7.68 Å². The molecule has 0 radical (unpaired) electrons. The molecule has 0 aliphatic heterocycles. The van der Waals surface area contributed by atoms with E-state index in [4.69, 9.17) is 0 Å². The van der Waals surface area contributed by atoms with Crippen LogP contribution in [0.2, 0.25) is 0 Å². The van der Waals surface area contributed by atoms with Crippen molar-refractivity contribution in [2.45, 2.75) is 40.5 Å². The Morgan fingerprint density at radius 2 is 1.62 bits per heavy atom. The van der Waals surface area contributed by atoms with E-state index in [1.54, 1.807) is 13.3 Å². The van der Waals surface area contributed by atoms with Crippen molar-refractivity contribution in [2.75, 3.05) is 0 Å². The van der Waals surface area contributed by atoms with Crippen LogP contribution in [0.1, 0.15) is 45.2 Å². The Bertz CT molecular complexity index is 928. The first-order valence-electron chi connectivity index (χ1n) is 9.88. The Labute approximate surface area is 164 Å². The van der Waals surface area contributed by atoms with Gasteiger partial charge >= 0.3 is 164 Å². The summed E-state index contributed by atoms with van der Waals surface area (Å²) in [6.45, 7) is 9.62. The zero-order chi connectivity index (χ0) is 18.3. The van der Waals surface area contributed by atoms with Gasteiger partial charge in [0.25, 0.3) is 0 Å². The number of fused-ring (bicyclic) bond motifs is 3. The standard InChI is InChI=1S/C13H9.C7H14.C5H5.Ti/c1-3-7-12-10(5-1)9-11-6-2-4-8-13(11)12;1-6(2)5-7(3)4;1-2-4-5-3-1;/h1-5,7-8H,9H2;6-7H,1-4H3;1-3H,4H2;. The van der Waals surface area contributed by atoms with E-state index in [0.717, 1.165) is 12.8 Å². The molecule has 0 amide bonds. The predicted octanol–water partition coefficient (Wildman–Crippen LogP) is 5.83. The molecule has 0 spiro atoms. The van der Waals surface area contributed by atoms with E-state index in [-0.39, 0.29) is 0 Å². The molecule has 0 atom stereocenters. The van der Waals surface area contributed by atoms with Crippen molar-refractivity contribution in [1.29, 1.82) is 0 Å². The van der Waals surface area contributed by atoms with E-state index >= 15 is 0 Å². The first kappa shape index (κ1) is 17.9. The Kier molecular flexibility index (Phi) is 4.99. The van der Waals surface area contributed by atoms with Crippen LogP contribution in [0.3, 0.4) is 0 Å². The number of rotatable bonds is 4. The summed E-state index contributed by atoms with van der Waals surface area (Å²) in [5.74, 6) is 1.32. The summed E-state index contributed by atoms with van der Waals surface area (Å²) in [5, 5.41) is 0. The number of allylic oxidation sites excluding steroid dienone is 4. The third-order valence-electron chi connectivity index (χ3n) is 5.75. The number of hydrogen-bond acceptors (Lipinski definition) is 0. The van der Waals surface area contributed by atoms with Crippen LogP contribution in [0.5, 0.6) is 0 Å². The quantitative estimate of drug-likeness (QED) is 0.503. The fraction of sp³-hybridized carbons (Fsp3) is 0.320. The molecule has 2 aliphatic carbocycles. The van der Waals surface area contributed by atoms with Crippen LogP contribution in [0.15, 0.2) is 64.6 Å². The minimum absolute atomic E-state index is 0.658. The molecule has 0 unspecified atom stereocenters. The maximum absolute atomic E-state index is 2.46. The summed E-state index contributed by atoms with van der Waals surface area (Å²) in [5.41, 5.74) is 6.06. The van der Waals surface area contributed by atoms with Crippen molar-refractivity contribution in [3.05, 3.63) is 75.7 Å². The molecule has 0 nitrogen and oxygen atoms in total. The number of hydrogen-bond donors (Lipinski definition) is 0. The van der Waals surface area contributed by atoms with Gasteiger partial charge < -0.3 is 0 Å². The van der Waals surface area contributed by atoms with Crippen molar-refractivity contribution < 1.29 is 17.4 Å². The topological polar surface area (TPSA) is 0 Å². The van der Waals surface area contributed by atoms with Gasteiger partial charge in [-0.25, -0.2) is 0 Å². The normalized spacial score (nSPS) is 14.6. The van der Waals surface area contributed by atoms with Gasteiger partial charge in [0.2, 0.25) is 0 Å². The summed E-state index contributed by atoms with van der Waals surface area (Å²) in [7, 11) is 0. The number of benzene rings is 2. The second kappa shape index (κ2) is 7.26. The van der Waals surface area contributed by atoms with Crippen molar-refractivity contribution in [3.63, 3.8) is 0 Å². The van der Waals surface area contributed by atoms with Gasteiger partial charge in [-0.3, -0.25) is 0 Å². The summed E-state index contributed by atoms with van der Waals surface area (Å²) in [6.07, 6.45) is 9.33. The molecule has 4 rings (SSSR count). The SMILES string of the molecule is CC(C)[C](C(C)C)=[Ti]([C]1=CC=CC1)[c]1cccc2c1Cc1ccccc1-2. The van der Waals surface area contributed by atoms with Crippen molar-refractivity contribution in [1.82, 2.24) is 0 Å². The molecule has 0 aromatic heterocycles. The molecule has 0 bridgehead atoms. The molecule has 1 heteroatoms. The van der Waals surface area contributed by atoms with Crippen LogP contribution < -0.4 is 3.87 Å². The summed E-state index contributed by atoms with van der Waals surface area (Å²) in [4.78, 5) is 0. The van der Waals surface area contributed by atoms with Gasteiger partial charge in [-0.15, -0.1) is 0 Å². The zero-order valence-electron chi connectivity index (χ0n) is 16.3. The predicted molar refractivity (Wildman–Crippen MR) is 111 cm³/mol. The molecular formula is C25H28Ti. The first-order valence-corrected chi connectivity index (χ1v) is 12.2. The summed E-state index contributed by atoms with van der Waals surface area (Å²) >= 11 is -1.69. The molecule has 2 aromatic rings. The molecule has 26 heavy (non-hydrogen) atoms. The van der Waals surface area contributed by atoms with Gasteiger partial charge in [0.05, 0.1) is 0 Å². The Hall–Kier alpha value is -1.50. The van der Waals surface area contributed by atoms with E-state index in [1.807, 2.05) is 3.81 Å². The minimum atomic E-state index is -1.69. The van der Waals surface area contributed by atoms with Gasteiger partial charge in [-0.05, 0) is 0 Å². The van der Waals surface area contributed by atoms with E-state index in [2.05, 4.69) is 88.4 Å². The van der Waals surface area contributed by atoms with E-state index in [0.29, 0.717) is 11.8 Å². The molecule has 0 heterocycles. The van der Waals surface area contributed by atoms with Crippen LogP contribution in [-0.4, -0.2) is 3.81 Å². The maximum atomic E-state index is 2.46. The third-order valence-corrected chi connectivity index (χ3v) is 11.6. The average molecular weight is 376 g/mol. The Morgan fingerprint density at radius 3 is 2.31 bits per heavy atom. The monoisotopic (exact) mass is 376 g/mol. The van der Waals surface area contributed by atoms with Gasteiger partial charge in [0.15, 0.2) is 0 Å². The molecule has 2 aromatic carbocycles. The first-order chi connectivity index (χ1) is 12.6. The average Bonchev–Trinajstić information content (AvgIpc) is 3.26. The van der Waals surface area contributed by atoms with Gasteiger partial charge in [-0.1, -0.05) is 0 Å². The molecule has 2 aliphatic rings. The van der Waals surface area contributed by atoms with Crippen LogP contribution in [0.4, 0.5) is 0 Å². The molecule has 0 fully saturated rings. The molecular weight excluding hydrogens is 348 g/mol. The fourth-order valence-corrected chi connectivity index (χ4v) is 10.3. The van der Waals surface area contributed by atoms with Crippen molar-refractivity contribution in [2.24, 2.45) is 11.8 Å². The van der Waals surface area contributed by atoms with E-state index in [1.165, 1.54) is 16.7 Å². The van der Waals surface area contributed by atoms with E-state index in [9.17, 15) is 0 Å². The Morgan fingerprint density at radius 1 is 0.885 bits per heavy atom. The third kappa shape index (κ3) is 3.04. The van der Waals surface area contributed by atoms with Crippen LogP contribution in [0.25, 0.3) is 11.1 Å². The molecule has 132 valence electrons. The van der Waals surface area contributed by atoms with Gasteiger partial charge in [-0.2, -0.15) is 0 Å². The Balaban J connectivity index is 1.96.